The molecule has 4 nitrogen and oxygen atoms in total. The lowest BCUT2D eigenvalue weighted by molar-refractivity contribution is 0.0789. The Morgan fingerprint density at radius 2 is 2.53 bits per heavy atom. The number of nitrogens with one attached hydrogen (secondary N) is 1. The van der Waals surface area contributed by atoms with Gasteiger partial charge in [-0.2, -0.15) is 0 Å². The Balaban J connectivity index is 2.04. The molecule has 2 rings (SSSR count). The van der Waals surface area contributed by atoms with Crippen LogP contribution in [0.3, 0.4) is 0 Å². The molecule has 17 heavy (non-hydrogen) atoms. The monoisotopic (exact) mass is 235 g/mol. The van der Waals surface area contributed by atoms with Gasteiger partial charge in [-0.25, -0.2) is 0 Å². The van der Waals surface area contributed by atoms with Gasteiger partial charge in [-0.15, -0.1) is 0 Å². The average molecular weight is 235 g/mol. The molecule has 2 atom stereocenters. The lowest BCUT2D eigenvalue weighted by Gasteiger charge is -2.24. The third-order valence-electron chi connectivity index (χ3n) is 3.26. The zero-order valence-corrected chi connectivity index (χ0v) is 10.4. The van der Waals surface area contributed by atoms with E-state index in [2.05, 4.69) is 17.2 Å². The zero-order chi connectivity index (χ0) is 12.1. The minimum Gasteiger partial charge on any atom is -0.398 e. The van der Waals surface area contributed by atoms with Gasteiger partial charge in [0.15, 0.2) is 0 Å². The molecule has 0 aliphatic carbocycles. The maximum Gasteiger partial charge on any atom is 0.0732 e. The molecule has 1 fully saturated rings. The highest BCUT2D eigenvalue weighted by Crippen LogP contribution is 2.20. The predicted molar refractivity (Wildman–Crippen MR) is 68.8 cm³/mol. The van der Waals surface area contributed by atoms with E-state index < -0.39 is 0 Å². The normalized spacial score (nSPS) is 21.6. The summed E-state index contributed by atoms with van der Waals surface area (Å²) in [6.45, 7) is 3.95. The van der Waals surface area contributed by atoms with Gasteiger partial charge in [0.05, 0.1) is 6.10 Å². The molecule has 0 saturated carbocycles. The SMILES string of the molecule is CCNC(Cc1cnccc1N)C1CCCO1. The lowest BCUT2D eigenvalue weighted by atomic mass is 9.99. The quantitative estimate of drug-likeness (QED) is 0.809. The standard InChI is InChI=1S/C13H21N3O/c1-2-16-12(13-4-3-7-17-13)8-10-9-15-6-5-11(10)14/h5-6,9,12-13,16H,2-4,7-8H2,1H3,(H2,14,15). The van der Waals surface area contributed by atoms with Crippen molar-refractivity contribution in [3.8, 4) is 0 Å². The zero-order valence-electron chi connectivity index (χ0n) is 10.4. The van der Waals surface area contributed by atoms with Crippen LogP contribution in [0.2, 0.25) is 0 Å². The molecule has 1 aliphatic rings. The van der Waals surface area contributed by atoms with Crippen LogP contribution in [0.25, 0.3) is 0 Å². The van der Waals surface area contributed by atoms with E-state index in [4.69, 9.17) is 10.5 Å². The van der Waals surface area contributed by atoms with Crippen molar-refractivity contribution in [3.63, 3.8) is 0 Å². The molecule has 1 saturated heterocycles. The summed E-state index contributed by atoms with van der Waals surface area (Å²) >= 11 is 0. The van der Waals surface area contributed by atoms with E-state index in [1.165, 1.54) is 0 Å². The maximum absolute atomic E-state index is 5.96. The maximum atomic E-state index is 5.96. The van der Waals surface area contributed by atoms with Crippen LogP contribution in [0.15, 0.2) is 18.5 Å². The second-order valence-electron chi connectivity index (χ2n) is 4.49. The molecule has 0 aromatic carbocycles. The summed E-state index contributed by atoms with van der Waals surface area (Å²) in [6, 6.07) is 2.20. The Kier molecular flexibility index (Phi) is 4.34. The van der Waals surface area contributed by atoms with E-state index >= 15 is 0 Å². The number of hydrogen-bond acceptors (Lipinski definition) is 4. The molecule has 2 heterocycles. The van der Waals surface area contributed by atoms with Crippen molar-refractivity contribution < 1.29 is 4.74 Å². The van der Waals surface area contributed by atoms with Gasteiger partial charge in [0.25, 0.3) is 0 Å². The summed E-state index contributed by atoms with van der Waals surface area (Å²) in [5.74, 6) is 0. The van der Waals surface area contributed by atoms with Crippen molar-refractivity contribution in [2.75, 3.05) is 18.9 Å². The van der Waals surface area contributed by atoms with Crippen molar-refractivity contribution in [2.24, 2.45) is 0 Å². The fourth-order valence-electron chi connectivity index (χ4n) is 2.36. The molecule has 0 amide bonds. The lowest BCUT2D eigenvalue weighted by Crippen LogP contribution is -2.41. The Labute approximate surface area is 103 Å². The topological polar surface area (TPSA) is 60.2 Å². The van der Waals surface area contributed by atoms with Crippen LogP contribution in [0, 0.1) is 0 Å². The van der Waals surface area contributed by atoms with E-state index in [1.807, 2.05) is 12.3 Å². The van der Waals surface area contributed by atoms with Crippen LogP contribution < -0.4 is 11.1 Å². The second-order valence-corrected chi connectivity index (χ2v) is 4.49. The number of ether oxygens (including phenoxy) is 1. The summed E-state index contributed by atoms with van der Waals surface area (Å²) in [7, 11) is 0. The molecular formula is C13H21N3O. The number of nitrogens with two attached hydrogens (primary N) is 1. The van der Waals surface area contributed by atoms with Crippen molar-refractivity contribution in [3.05, 3.63) is 24.0 Å². The van der Waals surface area contributed by atoms with Crippen molar-refractivity contribution >= 4 is 5.69 Å². The predicted octanol–water partition coefficient (Wildman–Crippen LogP) is 1.36. The van der Waals surface area contributed by atoms with Crippen LogP contribution >= 0.6 is 0 Å². The third-order valence-corrected chi connectivity index (χ3v) is 3.26. The second kappa shape index (κ2) is 5.98. The molecule has 4 heteroatoms. The first-order valence-corrected chi connectivity index (χ1v) is 6.34. The fraction of sp³-hybridized carbons (Fsp3) is 0.615. The molecule has 0 bridgehead atoms. The van der Waals surface area contributed by atoms with Gasteiger partial charge in [-0.3, -0.25) is 4.98 Å². The summed E-state index contributed by atoms with van der Waals surface area (Å²) < 4.78 is 5.76. The van der Waals surface area contributed by atoms with Gasteiger partial charge in [0, 0.05) is 30.7 Å². The number of nitrogens with zero attached hydrogens (tertiary/aromatic N) is 1. The first-order valence-electron chi connectivity index (χ1n) is 6.34. The minimum absolute atomic E-state index is 0.314. The van der Waals surface area contributed by atoms with Crippen LogP contribution in [0.1, 0.15) is 25.3 Å². The van der Waals surface area contributed by atoms with E-state index in [0.29, 0.717) is 12.1 Å². The Hall–Kier alpha value is -1.13. The van der Waals surface area contributed by atoms with E-state index in [1.54, 1.807) is 6.20 Å². The number of aromatic nitrogens is 1. The van der Waals surface area contributed by atoms with Gasteiger partial charge < -0.3 is 15.8 Å². The molecule has 0 spiro atoms. The van der Waals surface area contributed by atoms with E-state index in [-0.39, 0.29) is 0 Å². The molecule has 1 aromatic rings. The average Bonchev–Trinajstić information content (AvgIpc) is 2.85. The number of anilines is 1. The van der Waals surface area contributed by atoms with Crippen LogP contribution in [0.5, 0.6) is 0 Å². The van der Waals surface area contributed by atoms with Crippen LogP contribution in [0.4, 0.5) is 5.69 Å². The van der Waals surface area contributed by atoms with Crippen LogP contribution in [-0.4, -0.2) is 30.3 Å². The van der Waals surface area contributed by atoms with Gasteiger partial charge in [-0.05, 0) is 37.4 Å². The smallest absolute Gasteiger partial charge is 0.0732 e. The van der Waals surface area contributed by atoms with Crippen molar-refractivity contribution in [1.82, 2.24) is 10.3 Å². The Morgan fingerprint density at radius 3 is 3.18 bits per heavy atom. The minimum atomic E-state index is 0.314. The van der Waals surface area contributed by atoms with Gasteiger partial charge >= 0.3 is 0 Å². The number of hydrogen-bond donors (Lipinski definition) is 2. The van der Waals surface area contributed by atoms with Crippen molar-refractivity contribution in [1.29, 1.82) is 0 Å². The van der Waals surface area contributed by atoms with Crippen LogP contribution in [-0.2, 0) is 11.2 Å². The van der Waals surface area contributed by atoms with Gasteiger partial charge in [0.1, 0.15) is 0 Å². The Morgan fingerprint density at radius 1 is 1.65 bits per heavy atom. The Bertz CT molecular complexity index is 350. The number of pyridine rings is 1. The highest BCUT2D eigenvalue weighted by Gasteiger charge is 2.25. The van der Waals surface area contributed by atoms with Gasteiger partial charge in [0.2, 0.25) is 0 Å². The highest BCUT2D eigenvalue weighted by molar-refractivity contribution is 5.44. The first kappa shape index (κ1) is 12.3. The fourth-order valence-corrected chi connectivity index (χ4v) is 2.36. The summed E-state index contributed by atoms with van der Waals surface area (Å²) in [5, 5.41) is 3.49. The molecule has 0 radical (unpaired) electrons. The highest BCUT2D eigenvalue weighted by atomic mass is 16.5. The largest absolute Gasteiger partial charge is 0.398 e. The number of rotatable bonds is 5. The summed E-state index contributed by atoms with van der Waals surface area (Å²) in [5.41, 5.74) is 7.88. The summed E-state index contributed by atoms with van der Waals surface area (Å²) in [6.07, 6.45) is 7.09. The first-order chi connectivity index (χ1) is 8.31. The molecule has 3 N–H and O–H groups in total. The van der Waals surface area contributed by atoms with Gasteiger partial charge in [-0.1, -0.05) is 6.92 Å². The molecule has 1 aromatic heterocycles. The molecular weight excluding hydrogens is 214 g/mol. The summed E-state index contributed by atoms with van der Waals surface area (Å²) in [4.78, 5) is 4.14. The van der Waals surface area contributed by atoms with E-state index in [9.17, 15) is 0 Å². The molecule has 94 valence electrons. The van der Waals surface area contributed by atoms with Crippen molar-refractivity contribution in [2.45, 2.75) is 38.3 Å². The number of nitrogen functional groups attached to an aromatic ring is 1. The van der Waals surface area contributed by atoms with E-state index in [0.717, 1.165) is 43.7 Å². The third kappa shape index (κ3) is 3.17. The molecule has 2 unspecified atom stereocenters. The number of likely N-dealkylation sites (N-methyl/N-ethyl adjacent to an activating group) is 1. The molecule has 1 aliphatic heterocycles.